The van der Waals surface area contributed by atoms with Crippen LogP contribution in [0.3, 0.4) is 0 Å². The van der Waals surface area contributed by atoms with E-state index in [1.807, 2.05) is 0 Å². The van der Waals surface area contributed by atoms with Crippen LogP contribution in [0.2, 0.25) is 10.3 Å². The molecule has 0 aliphatic heterocycles. The Hall–Kier alpha value is -0.860. The van der Waals surface area contributed by atoms with Crippen molar-refractivity contribution in [2.24, 2.45) is 0 Å². The zero-order valence-electron chi connectivity index (χ0n) is 12.0. The smallest absolute Gasteiger partial charge is 0.358 e. The van der Waals surface area contributed by atoms with Crippen molar-refractivity contribution >= 4 is 46.6 Å². The number of anilines is 1. The first kappa shape index (κ1) is 19.2. The number of alkyl halides is 1. The zero-order valence-corrected chi connectivity index (χ0v) is 14.2. The van der Waals surface area contributed by atoms with Crippen LogP contribution in [0.1, 0.15) is 17.4 Å². The Morgan fingerprint density at radius 2 is 2.05 bits per heavy atom. The number of hydrogen-bond acceptors (Lipinski definition) is 7. The van der Waals surface area contributed by atoms with E-state index in [-0.39, 0.29) is 47.0 Å². The lowest BCUT2D eigenvalue weighted by Crippen LogP contribution is -2.26. The van der Waals surface area contributed by atoms with E-state index in [2.05, 4.69) is 20.0 Å². The average Bonchev–Trinajstić information content (AvgIpc) is 2.49. The van der Waals surface area contributed by atoms with Crippen LogP contribution in [-0.4, -0.2) is 59.4 Å². The number of rotatable bonds is 8. The fourth-order valence-electron chi connectivity index (χ4n) is 1.45. The van der Waals surface area contributed by atoms with E-state index in [1.165, 1.54) is 7.11 Å². The molecule has 1 aromatic heterocycles. The van der Waals surface area contributed by atoms with Gasteiger partial charge in [0.05, 0.1) is 32.3 Å². The van der Waals surface area contributed by atoms with E-state index < -0.39 is 12.1 Å². The number of aliphatic hydroxyl groups is 1. The van der Waals surface area contributed by atoms with Gasteiger partial charge in [0.2, 0.25) is 5.28 Å². The number of aromatic nitrogens is 2. The molecule has 0 aliphatic carbocycles. The Morgan fingerprint density at radius 1 is 1.36 bits per heavy atom. The van der Waals surface area contributed by atoms with Crippen molar-refractivity contribution in [3.8, 4) is 0 Å². The first-order valence-corrected chi connectivity index (χ1v) is 7.57. The van der Waals surface area contributed by atoms with Crippen LogP contribution in [0.25, 0.3) is 0 Å². The first-order chi connectivity index (χ1) is 10.4. The van der Waals surface area contributed by atoms with Crippen LogP contribution in [0.5, 0.6) is 0 Å². The number of hydrogen-bond donors (Lipinski definition) is 2. The highest BCUT2D eigenvalue weighted by Crippen LogP contribution is 2.25. The van der Waals surface area contributed by atoms with E-state index in [0.717, 1.165) is 0 Å². The molecule has 124 valence electrons. The maximum Gasteiger partial charge on any atom is 0.358 e. The second kappa shape index (κ2) is 9.32. The third-order valence-electron chi connectivity index (χ3n) is 2.44. The van der Waals surface area contributed by atoms with Crippen molar-refractivity contribution in [1.29, 1.82) is 0 Å². The summed E-state index contributed by atoms with van der Waals surface area (Å²) in [6, 6.07) is -0.212. The van der Waals surface area contributed by atoms with Gasteiger partial charge in [-0.05, 0) is 18.5 Å². The van der Waals surface area contributed by atoms with Crippen LogP contribution in [0, 0.1) is 0 Å². The lowest BCUT2D eigenvalue weighted by molar-refractivity contribution is 0.0453. The van der Waals surface area contributed by atoms with Gasteiger partial charge in [-0.1, -0.05) is 11.6 Å². The molecule has 0 bridgehead atoms. The number of nitrogens with zero attached hydrogens (tertiary/aromatic N) is 2. The number of methoxy groups -OCH3 is 1. The quantitative estimate of drug-likeness (QED) is 0.409. The minimum absolute atomic E-state index is 0.00360. The molecule has 0 fully saturated rings. The molecule has 0 aliphatic rings. The van der Waals surface area contributed by atoms with Gasteiger partial charge in [-0.3, -0.25) is 0 Å². The van der Waals surface area contributed by atoms with Gasteiger partial charge in [0.15, 0.2) is 11.5 Å². The second-order valence-electron chi connectivity index (χ2n) is 4.39. The Labute approximate surface area is 142 Å². The minimum atomic E-state index is -0.725. The molecule has 1 unspecified atom stereocenters. The Balaban J connectivity index is 2.72. The molecule has 0 saturated heterocycles. The standard InChI is InChI=1S/C12H16Cl3N3O4/c1-6(4-22-5-7(19)3-13)16-10-8(14)9(11(20)21-2)17-12(15)18-10/h6-7,19H,3-5H2,1-2H3,(H,16,17,18)/t6-,7?/m1/s1. The summed E-state index contributed by atoms with van der Waals surface area (Å²) in [6.45, 7) is 2.18. The van der Waals surface area contributed by atoms with Crippen LogP contribution in [0.4, 0.5) is 5.82 Å². The van der Waals surface area contributed by atoms with E-state index in [4.69, 9.17) is 39.5 Å². The fraction of sp³-hybridized carbons (Fsp3) is 0.583. The van der Waals surface area contributed by atoms with Crippen molar-refractivity contribution in [3.05, 3.63) is 16.0 Å². The molecule has 2 N–H and O–H groups in total. The topological polar surface area (TPSA) is 93.6 Å². The summed E-state index contributed by atoms with van der Waals surface area (Å²) in [7, 11) is 1.21. The van der Waals surface area contributed by atoms with E-state index in [9.17, 15) is 9.90 Å². The molecule has 1 rings (SSSR count). The largest absolute Gasteiger partial charge is 0.464 e. The summed E-state index contributed by atoms with van der Waals surface area (Å²) in [6.07, 6.45) is -0.725. The monoisotopic (exact) mass is 371 g/mol. The van der Waals surface area contributed by atoms with Crippen LogP contribution in [0.15, 0.2) is 0 Å². The molecule has 0 amide bonds. The van der Waals surface area contributed by atoms with Crippen LogP contribution < -0.4 is 5.32 Å². The molecule has 7 nitrogen and oxygen atoms in total. The summed E-state index contributed by atoms with van der Waals surface area (Å²) >= 11 is 17.3. The van der Waals surface area contributed by atoms with Crippen LogP contribution in [-0.2, 0) is 9.47 Å². The molecule has 22 heavy (non-hydrogen) atoms. The van der Waals surface area contributed by atoms with Gasteiger partial charge in [0.25, 0.3) is 0 Å². The molecule has 0 aromatic carbocycles. The SMILES string of the molecule is COC(=O)c1nc(Cl)nc(N[C@H](C)COCC(O)CCl)c1Cl. The summed E-state index contributed by atoms with van der Waals surface area (Å²) in [5.74, 6) is -0.431. The summed E-state index contributed by atoms with van der Waals surface area (Å²) in [5.41, 5.74) is -0.127. The Morgan fingerprint density at radius 3 is 2.64 bits per heavy atom. The van der Waals surface area contributed by atoms with E-state index in [1.54, 1.807) is 6.92 Å². The minimum Gasteiger partial charge on any atom is -0.464 e. The second-order valence-corrected chi connectivity index (χ2v) is 5.41. The van der Waals surface area contributed by atoms with Crippen molar-refractivity contribution in [2.45, 2.75) is 19.1 Å². The molecule has 0 radical (unpaired) electrons. The third-order valence-corrected chi connectivity index (χ3v) is 3.33. The summed E-state index contributed by atoms with van der Waals surface area (Å²) in [4.78, 5) is 19.2. The molecule has 2 atom stereocenters. The third kappa shape index (κ3) is 5.73. The lowest BCUT2D eigenvalue weighted by Gasteiger charge is -2.17. The number of nitrogens with one attached hydrogen (secondary N) is 1. The number of carbonyl (C=O) groups is 1. The van der Waals surface area contributed by atoms with Crippen molar-refractivity contribution in [3.63, 3.8) is 0 Å². The molecule has 1 heterocycles. The first-order valence-electron chi connectivity index (χ1n) is 6.28. The van der Waals surface area contributed by atoms with Gasteiger partial charge in [-0.15, -0.1) is 11.6 Å². The highest BCUT2D eigenvalue weighted by molar-refractivity contribution is 6.36. The zero-order chi connectivity index (χ0) is 16.7. The number of esters is 1. The maximum absolute atomic E-state index is 11.6. The van der Waals surface area contributed by atoms with Crippen molar-refractivity contribution < 1.29 is 19.4 Å². The Bertz CT molecular complexity index is 519. The highest BCUT2D eigenvalue weighted by atomic mass is 35.5. The molecular formula is C12H16Cl3N3O4. The average molecular weight is 373 g/mol. The molecule has 10 heteroatoms. The Kier molecular flexibility index (Phi) is 8.13. The van der Waals surface area contributed by atoms with Gasteiger partial charge in [0.1, 0.15) is 5.02 Å². The van der Waals surface area contributed by atoms with Gasteiger partial charge < -0.3 is 19.9 Å². The molecule has 1 aromatic rings. The number of halogens is 3. The van der Waals surface area contributed by atoms with Crippen LogP contribution >= 0.6 is 34.8 Å². The summed E-state index contributed by atoms with van der Waals surface area (Å²) in [5, 5.41) is 12.1. The van der Waals surface area contributed by atoms with Gasteiger partial charge in [-0.25, -0.2) is 9.78 Å². The maximum atomic E-state index is 11.6. The molecular weight excluding hydrogens is 357 g/mol. The van der Waals surface area contributed by atoms with Crippen molar-refractivity contribution in [1.82, 2.24) is 9.97 Å². The number of ether oxygens (including phenoxy) is 2. The lowest BCUT2D eigenvalue weighted by atomic mass is 10.3. The normalized spacial score (nSPS) is 13.5. The molecule has 0 spiro atoms. The van der Waals surface area contributed by atoms with Gasteiger partial charge in [0, 0.05) is 6.04 Å². The predicted octanol–water partition coefficient (Wildman–Crippen LogP) is 1.99. The highest BCUT2D eigenvalue weighted by Gasteiger charge is 2.20. The predicted molar refractivity (Wildman–Crippen MR) is 84.0 cm³/mol. The van der Waals surface area contributed by atoms with E-state index in [0.29, 0.717) is 0 Å². The number of carbonyl (C=O) groups excluding carboxylic acids is 1. The summed E-state index contributed by atoms with van der Waals surface area (Å²) < 4.78 is 9.85. The fourth-order valence-corrected chi connectivity index (χ4v) is 1.92. The van der Waals surface area contributed by atoms with Crippen molar-refractivity contribution in [2.75, 3.05) is 31.5 Å². The number of aliphatic hydroxyl groups excluding tert-OH is 1. The molecule has 0 saturated carbocycles. The van der Waals surface area contributed by atoms with Gasteiger partial charge >= 0.3 is 5.97 Å². The van der Waals surface area contributed by atoms with E-state index >= 15 is 0 Å². The van der Waals surface area contributed by atoms with Gasteiger partial charge in [-0.2, -0.15) is 4.98 Å².